The third-order valence-corrected chi connectivity index (χ3v) is 13.0. The molecule has 0 aromatic rings. The normalized spacial score (nSPS) is 12.9. The number of allylic oxidation sites excluding steroid dienone is 19. The van der Waals surface area contributed by atoms with Gasteiger partial charge in [0.15, 0.2) is 6.10 Å². The van der Waals surface area contributed by atoms with E-state index in [1.165, 1.54) is 135 Å². The van der Waals surface area contributed by atoms with E-state index in [4.69, 9.17) is 14.2 Å². The van der Waals surface area contributed by atoms with Gasteiger partial charge >= 0.3 is 17.9 Å². The third-order valence-electron chi connectivity index (χ3n) is 13.0. The smallest absolute Gasteiger partial charge is 0.310 e. The molecule has 0 rings (SSSR count). The van der Waals surface area contributed by atoms with Crippen LogP contribution >= 0.6 is 0 Å². The lowest BCUT2D eigenvalue weighted by atomic mass is 10.0. The fourth-order valence-corrected chi connectivity index (χ4v) is 8.43. The molecule has 1 unspecified atom stereocenters. The quantitative estimate of drug-likeness (QED) is 0.0261. The summed E-state index contributed by atoms with van der Waals surface area (Å²) in [5.74, 6) is -1.05. The van der Waals surface area contributed by atoms with Crippen molar-refractivity contribution in [1.82, 2.24) is 0 Å². The summed E-state index contributed by atoms with van der Waals surface area (Å²) in [5.41, 5.74) is 0. The summed E-state index contributed by atoms with van der Waals surface area (Å²) in [5, 5.41) is 0. The lowest BCUT2D eigenvalue weighted by molar-refractivity contribution is -0.166. The van der Waals surface area contributed by atoms with Crippen LogP contribution in [0, 0.1) is 0 Å². The van der Waals surface area contributed by atoms with Crippen molar-refractivity contribution in [3.63, 3.8) is 0 Å². The molecule has 0 saturated heterocycles. The molecule has 0 saturated carbocycles. The van der Waals surface area contributed by atoms with E-state index in [0.717, 1.165) is 103 Å². The molecule has 1 atom stereocenters. The number of unbranched alkanes of at least 4 members (excludes halogenated alkanes) is 25. The zero-order valence-electron chi connectivity index (χ0n) is 48.8. The van der Waals surface area contributed by atoms with Crippen molar-refractivity contribution in [3.05, 3.63) is 122 Å². The van der Waals surface area contributed by atoms with E-state index in [-0.39, 0.29) is 31.6 Å². The first kappa shape index (κ1) is 70.8. The van der Waals surface area contributed by atoms with E-state index >= 15 is 0 Å². The van der Waals surface area contributed by atoms with Crippen LogP contribution in [0.4, 0.5) is 0 Å². The number of hydrogen-bond donors (Lipinski definition) is 0. The van der Waals surface area contributed by atoms with E-state index in [2.05, 4.69) is 130 Å². The predicted molar refractivity (Wildman–Crippen MR) is 325 cm³/mol. The molecule has 0 radical (unpaired) electrons. The molecule has 0 amide bonds. The average molecular weight is 1040 g/mol. The van der Waals surface area contributed by atoms with Crippen molar-refractivity contribution in [2.75, 3.05) is 13.2 Å². The summed E-state index contributed by atoms with van der Waals surface area (Å²) >= 11 is 0. The number of carbonyl (C=O) groups excluding carboxylic acids is 3. The van der Waals surface area contributed by atoms with Crippen molar-refractivity contribution in [1.29, 1.82) is 0 Å². The van der Waals surface area contributed by atoms with Crippen LogP contribution in [0.5, 0.6) is 0 Å². The van der Waals surface area contributed by atoms with Crippen LogP contribution in [0.1, 0.15) is 278 Å². The van der Waals surface area contributed by atoms with Gasteiger partial charge in [0.2, 0.25) is 0 Å². The molecule has 0 aliphatic rings. The topological polar surface area (TPSA) is 78.9 Å². The maximum absolute atomic E-state index is 12.8. The minimum absolute atomic E-state index is 0.0966. The summed E-state index contributed by atoms with van der Waals surface area (Å²) in [6, 6.07) is 0. The van der Waals surface area contributed by atoms with Crippen molar-refractivity contribution in [2.24, 2.45) is 0 Å². The van der Waals surface area contributed by atoms with Crippen LogP contribution in [-0.2, 0) is 28.6 Å². The van der Waals surface area contributed by atoms with E-state index in [9.17, 15) is 14.4 Å². The summed E-state index contributed by atoms with van der Waals surface area (Å²) in [4.78, 5) is 38.0. The van der Waals surface area contributed by atoms with Crippen molar-refractivity contribution >= 4 is 17.9 Å². The van der Waals surface area contributed by atoms with Gasteiger partial charge in [0.1, 0.15) is 13.2 Å². The minimum atomic E-state index is -0.830. The van der Waals surface area contributed by atoms with Crippen LogP contribution in [-0.4, -0.2) is 37.2 Å². The molecule has 0 N–H and O–H groups in total. The van der Waals surface area contributed by atoms with Crippen molar-refractivity contribution in [2.45, 2.75) is 284 Å². The molecule has 75 heavy (non-hydrogen) atoms. The fraction of sp³-hybridized carbons (Fsp3) is 0.667. The Labute approximate surface area is 462 Å². The molecule has 0 bridgehead atoms. The second-order valence-electron chi connectivity index (χ2n) is 20.2. The SMILES string of the molecule is CC/C=C\C/C=C\C/C=C\C/C=C\C/C=C\CCCCCCCCCCCCCCCCCCCC(=O)OCC(COC(=O)CCCCCCCCCCC)OC(=O)C/C=C\C/C=C\C/C=C\C/C=C\C/C=C\CC. The standard InChI is InChI=1S/C69H114O6/c1-4-7-10-13-16-19-21-23-25-26-27-28-29-30-31-32-33-34-35-36-37-38-39-40-41-42-44-45-47-50-53-56-59-62-68(71)74-65-66(64-73-67(70)61-58-55-52-49-18-15-12-9-6-3)75-69(72)63-60-57-54-51-48-46-43-24-22-20-17-14-11-8-5-2/h7-8,10-11,16-17,19-20,23-25,27-28,30-31,43,48,51,57,60,66H,4-6,9,12-15,18,21-22,26,29,32-42,44-47,49-50,52-56,58-59,61-65H2,1-3H3/b10-7-,11-8-,19-16-,20-17-,25-23-,28-27-,31-30-,43-24-,51-48-,60-57-. The zero-order chi connectivity index (χ0) is 54.3. The maximum atomic E-state index is 12.8. The second-order valence-corrected chi connectivity index (χ2v) is 20.2. The first-order chi connectivity index (χ1) is 37.0. The van der Waals surface area contributed by atoms with Gasteiger partial charge in [-0.1, -0.05) is 290 Å². The van der Waals surface area contributed by atoms with E-state index in [1.807, 2.05) is 6.08 Å². The zero-order valence-corrected chi connectivity index (χ0v) is 48.8. The van der Waals surface area contributed by atoms with Crippen LogP contribution < -0.4 is 0 Å². The lowest BCUT2D eigenvalue weighted by Crippen LogP contribution is -2.30. The van der Waals surface area contributed by atoms with E-state index in [1.54, 1.807) is 6.08 Å². The summed E-state index contributed by atoms with van der Waals surface area (Å²) < 4.78 is 16.7. The summed E-state index contributed by atoms with van der Waals surface area (Å²) in [7, 11) is 0. The molecular formula is C69H114O6. The second kappa shape index (κ2) is 62.4. The Morgan fingerprint density at radius 1 is 0.293 bits per heavy atom. The average Bonchev–Trinajstić information content (AvgIpc) is 3.41. The van der Waals surface area contributed by atoms with Gasteiger partial charge in [-0.15, -0.1) is 0 Å². The first-order valence-corrected chi connectivity index (χ1v) is 31.0. The number of hydrogen-bond acceptors (Lipinski definition) is 6. The summed E-state index contributed by atoms with van der Waals surface area (Å²) in [6.45, 7) is 6.31. The van der Waals surface area contributed by atoms with Gasteiger partial charge in [-0.2, -0.15) is 0 Å². The van der Waals surface area contributed by atoms with Crippen molar-refractivity contribution < 1.29 is 28.6 Å². The Hall–Kier alpha value is -4.19. The van der Waals surface area contributed by atoms with Gasteiger partial charge in [0, 0.05) is 12.8 Å². The molecule has 0 spiro atoms. The van der Waals surface area contributed by atoms with Crippen LogP contribution in [0.2, 0.25) is 0 Å². The molecular weight excluding hydrogens is 925 g/mol. The van der Waals surface area contributed by atoms with Crippen molar-refractivity contribution in [3.8, 4) is 0 Å². The van der Waals surface area contributed by atoms with Gasteiger partial charge in [0.05, 0.1) is 6.42 Å². The molecule has 0 aromatic heterocycles. The minimum Gasteiger partial charge on any atom is -0.462 e. The van der Waals surface area contributed by atoms with E-state index < -0.39 is 12.1 Å². The molecule has 0 aromatic carbocycles. The molecule has 6 heteroatoms. The molecule has 0 aliphatic carbocycles. The fourth-order valence-electron chi connectivity index (χ4n) is 8.43. The van der Waals surface area contributed by atoms with Crippen LogP contribution in [0.25, 0.3) is 0 Å². The Balaban J connectivity index is 4.14. The number of esters is 3. The molecule has 0 heterocycles. The van der Waals surface area contributed by atoms with E-state index in [0.29, 0.717) is 12.8 Å². The monoisotopic (exact) mass is 1040 g/mol. The molecule has 0 aliphatic heterocycles. The molecule has 0 fully saturated rings. The first-order valence-electron chi connectivity index (χ1n) is 31.0. The van der Waals surface area contributed by atoms with Crippen LogP contribution in [0.15, 0.2) is 122 Å². The molecule has 6 nitrogen and oxygen atoms in total. The highest BCUT2D eigenvalue weighted by Gasteiger charge is 2.19. The van der Waals surface area contributed by atoms with Crippen LogP contribution in [0.3, 0.4) is 0 Å². The van der Waals surface area contributed by atoms with Gasteiger partial charge in [-0.05, 0) is 89.9 Å². The Bertz CT molecular complexity index is 1570. The maximum Gasteiger partial charge on any atom is 0.310 e. The largest absolute Gasteiger partial charge is 0.462 e. The highest BCUT2D eigenvalue weighted by atomic mass is 16.6. The van der Waals surface area contributed by atoms with Gasteiger partial charge < -0.3 is 14.2 Å². The highest BCUT2D eigenvalue weighted by molar-refractivity contribution is 5.72. The number of rotatable bonds is 55. The molecule has 426 valence electrons. The van der Waals surface area contributed by atoms with Gasteiger partial charge in [0.25, 0.3) is 0 Å². The number of ether oxygens (including phenoxy) is 3. The van der Waals surface area contributed by atoms with Gasteiger partial charge in [-0.25, -0.2) is 0 Å². The third kappa shape index (κ3) is 60.6. The van der Waals surface area contributed by atoms with Gasteiger partial charge in [-0.3, -0.25) is 14.4 Å². The number of carbonyl (C=O) groups is 3. The lowest BCUT2D eigenvalue weighted by Gasteiger charge is -2.18. The predicted octanol–water partition coefficient (Wildman–Crippen LogP) is 21.2. The summed E-state index contributed by atoms with van der Waals surface area (Å²) in [6.07, 6.45) is 86.9. The Kier molecular flexibility index (Phi) is 58.9. The Morgan fingerprint density at radius 2 is 0.560 bits per heavy atom. The highest BCUT2D eigenvalue weighted by Crippen LogP contribution is 2.16. The Morgan fingerprint density at radius 3 is 0.880 bits per heavy atom.